The molecule has 2 aromatic carbocycles. The Morgan fingerprint density at radius 2 is 1.70 bits per heavy atom. The van der Waals surface area contributed by atoms with E-state index in [1.165, 1.54) is 0 Å². The Morgan fingerprint density at radius 3 is 2.33 bits per heavy atom. The Morgan fingerprint density at radius 1 is 1.04 bits per heavy atom. The summed E-state index contributed by atoms with van der Waals surface area (Å²) < 4.78 is 7.17. The molecule has 0 aliphatic carbocycles. The number of anilines is 1. The number of carbonyl (C=O) groups excluding carboxylic acids is 1. The molecule has 4 rings (SSSR count). The van der Waals surface area contributed by atoms with Crippen LogP contribution < -0.4 is 5.32 Å². The van der Waals surface area contributed by atoms with Crippen molar-refractivity contribution in [2.24, 2.45) is 4.99 Å². The van der Waals surface area contributed by atoms with Crippen LogP contribution in [0, 0.1) is 0 Å². The molecule has 1 amide bonds. The molecule has 0 atom stereocenters. The molecule has 2 heterocycles. The van der Waals surface area contributed by atoms with Crippen LogP contribution in [-0.4, -0.2) is 34.7 Å². The summed E-state index contributed by atoms with van der Waals surface area (Å²) in [5.74, 6) is 0.641. The van der Waals surface area contributed by atoms with Crippen LogP contribution in [0.3, 0.4) is 0 Å². The van der Waals surface area contributed by atoms with Gasteiger partial charge in [-0.3, -0.25) is 4.79 Å². The number of aliphatic imine (C=N–C) groups is 1. The molecule has 8 heteroatoms. The van der Waals surface area contributed by atoms with Crippen LogP contribution in [0.25, 0.3) is 5.69 Å². The Labute approximate surface area is 165 Å². The highest BCUT2D eigenvalue weighted by Crippen LogP contribution is 2.24. The first kappa shape index (κ1) is 17.6. The molecule has 1 aromatic heterocycles. The largest absolute Gasteiger partial charge is 0.475 e. The Bertz CT molecular complexity index is 1010. The fourth-order valence-corrected chi connectivity index (χ4v) is 2.93. The summed E-state index contributed by atoms with van der Waals surface area (Å²) in [7, 11) is 0. The van der Waals surface area contributed by atoms with Gasteiger partial charge in [-0.05, 0) is 48.5 Å². The maximum Gasteiger partial charge on any atom is 0.256 e. The number of hydrogen-bond donors (Lipinski definition) is 1. The number of amides is 1. The van der Waals surface area contributed by atoms with Crippen molar-refractivity contribution < 1.29 is 9.53 Å². The van der Waals surface area contributed by atoms with E-state index in [1.807, 2.05) is 12.1 Å². The maximum atomic E-state index is 12.7. The van der Waals surface area contributed by atoms with Crippen molar-refractivity contribution in [3.8, 4) is 5.69 Å². The summed E-state index contributed by atoms with van der Waals surface area (Å²) in [4.78, 5) is 17.1. The molecule has 1 aliphatic rings. The van der Waals surface area contributed by atoms with Crippen molar-refractivity contribution in [1.82, 2.24) is 9.78 Å². The van der Waals surface area contributed by atoms with E-state index in [1.54, 1.807) is 47.3 Å². The predicted octanol–water partition coefficient (Wildman–Crippen LogP) is 4.21. The summed E-state index contributed by atoms with van der Waals surface area (Å²) in [6.45, 7) is 1.08. The average Bonchev–Trinajstić information content (AvgIpc) is 3.33. The minimum absolute atomic E-state index is 0.290. The van der Waals surface area contributed by atoms with Gasteiger partial charge < -0.3 is 10.1 Å². The lowest BCUT2D eigenvalue weighted by Gasteiger charge is -2.11. The topological polar surface area (TPSA) is 68.5 Å². The molecule has 1 N–H and O–H groups in total. The molecule has 0 radical (unpaired) electrons. The van der Waals surface area contributed by atoms with E-state index in [-0.39, 0.29) is 5.91 Å². The molecule has 1 aliphatic heterocycles. The fourth-order valence-electron chi connectivity index (χ4n) is 2.68. The number of nitrogens with zero attached hydrogens (tertiary/aromatic N) is 3. The number of carbonyl (C=O) groups is 1. The number of nitrogens with one attached hydrogen (secondary N) is 1. The van der Waals surface area contributed by atoms with E-state index in [0.29, 0.717) is 46.0 Å². The van der Waals surface area contributed by atoms with Gasteiger partial charge in [-0.25, -0.2) is 9.67 Å². The van der Waals surface area contributed by atoms with Crippen molar-refractivity contribution in [2.75, 3.05) is 18.5 Å². The van der Waals surface area contributed by atoms with E-state index in [2.05, 4.69) is 15.4 Å². The Hall–Kier alpha value is -2.83. The lowest BCUT2D eigenvalue weighted by molar-refractivity contribution is 0.102. The van der Waals surface area contributed by atoms with Crippen LogP contribution in [0.15, 0.2) is 59.7 Å². The molecular formula is C19H14Cl2N4O2. The molecule has 0 fully saturated rings. The Balaban J connectivity index is 1.74. The summed E-state index contributed by atoms with van der Waals surface area (Å²) in [6, 6.07) is 13.8. The van der Waals surface area contributed by atoms with Crippen LogP contribution in [-0.2, 0) is 4.74 Å². The molecular weight excluding hydrogens is 387 g/mol. The molecule has 0 bridgehead atoms. The first-order valence-electron chi connectivity index (χ1n) is 8.20. The minimum Gasteiger partial charge on any atom is -0.475 e. The lowest BCUT2D eigenvalue weighted by Crippen LogP contribution is -2.17. The van der Waals surface area contributed by atoms with Gasteiger partial charge in [-0.1, -0.05) is 23.2 Å². The Kier molecular flexibility index (Phi) is 4.83. The second kappa shape index (κ2) is 7.42. The normalized spacial score (nSPS) is 13.2. The van der Waals surface area contributed by atoms with Crippen LogP contribution in [0.5, 0.6) is 0 Å². The number of hydrogen-bond acceptors (Lipinski definition) is 4. The molecule has 6 nitrogen and oxygen atoms in total. The lowest BCUT2D eigenvalue weighted by atomic mass is 10.2. The van der Waals surface area contributed by atoms with Gasteiger partial charge in [0.05, 0.1) is 24.0 Å². The highest BCUT2D eigenvalue weighted by molar-refractivity contribution is 6.31. The number of aromatic nitrogens is 2. The van der Waals surface area contributed by atoms with Crippen molar-refractivity contribution in [3.05, 3.63) is 75.9 Å². The molecule has 0 saturated carbocycles. The quantitative estimate of drug-likeness (QED) is 0.712. The van der Waals surface area contributed by atoms with Crippen molar-refractivity contribution in [3.63, 3.8) is 0 Å². The molecule has 0 unspecified atom stereocenters. The smallest absolute Gasteiger partial charge is 0.256 e. The first-order valence-corrected chi connectivity index (χ1v) is 8.96. The third kappa shape index (κ3) is 3.67. The number of ether oxygens (including phenoxy) is 1. The van der Waals surface area contributed by atoms with E-state index in [0.717, 1.165) is 5.69 Å². The van der Waals surface area contributed by atoms with Gasteiger partial charge in [-0.15, -0.1) is 0 Å². The van der Waals surface area contributed by atoms with Gasteiger partial charge in [0.1, 0.15) is 12.4 Å². The zero-order valence-corrected chi connectivity index (χ0v) is 15.5. The fraction of sp³-hybridized carbons (Fsp3) is 0.105. The van der Waals surface area contributed by atoms with Gasteiger partial charge >= 0.3 is 0 Å². The van der Waals surface area contributed by atoms with Crippen molar-refractivity contribution in [1.29, 1.82) is 0 Å². The van der Waals surface area contributed by atoms with E-state index in [4.69, 9.17) is 27.9 Å². The van der Waals surface area contributed by atoms with E-state index >= 15 is 0 Å². The average molecular weight is 401 g/mol. The molecule has 136 valence electrons. The van der Waals surface area contributed by atoms with Crippen LogP contribution in [0.2, 0.25) is 10.0 Å². The zero-order chi connectivity index (χ0) is 18.8. The number of halogens is 2. The van der Waals surface area contributed by atoms with Gasteiger partial charge in [0.2, 0.25) is 5.90 Å². The summed E-state index contributed by atoms with van der Waals surface area (Å²) in [5, 5.41) is 8.48. The predicted molar refractivity (Wildman–Crippen MR) is 105 cm³/mol. The van der Waals surface area contributed by atoms with Crippen LogP contribution in [0.1, 0.15) is 15.9 Å². The first-order chi connectivity index (χ1) is 13.1. The molecule has 3 aromatic rings. The second-order valence-corrected chi connectivity index (χ2v) is 6.66. The summed E-state index contributed by atoms with van der Waals surface area (Å²) in [6.07, 6.45) is 1.62. The second-order valence-electron chi connectivity index (χ2n) is 5.79. The van der Waals surface area contributed by atoms with Crippen LogP contribution in [0.4, 0.5) is 5.82 Å². The summed E-state index contributed by atoms with van der Waals surface area (Å²) >= 11 is 11.9. The van der Waals surface area contributed by atoms with E-state index < -0.39 is 0 Å². The highest BCUT2D eigenvalue weighted by Gasteiger charge is 2.22. The standard InChI is InChI=1S/C19H14Cl2N4O2/c20-13-3-1-12(2-4-13)18(26)24-17-16(19-22-9-10-27-19)11-23-25(17)15-7-5-14(21)6-8-15/h1-8,11H,9-10H2,(H,24,26). The summed E-state index contributed by atoms with van der Waals surface area (Å²) in [5.41, 5.74) is 1.84. The zero-order valence-electron chi connectivity index (χ0n) is 14.0. The van der Waals surface area contributed by atoms with Gasteiger partial charge in [0.15, 0.2) is 0 Å². The highest BCUT2D eigenvalue weighted by atomic mass is 35.5. The van der Waals surface area contributed by atoms with Crippen molar-refractivity contribution >= 4 is 40.8 Å². The van der Waals surface area contributed by atoms with Gasteiger partial charge in [-0.2, -0.15) is 5.10 Å². The van der Waals surface area contributed by atoms with Gasteiger partial charge in [0, 0.05) is 15.6 Å². The number of benzene rings is 2. The minimum atomic E-state index is -0.290. The molecule has 0 saturated heterocycles. The third-order valence-corrected chi connectivity index (χ3v) is 4.50. The monoisotopic (exact) mass is 400 g/mol. The van der Waals surface area contributed by atoms with Gasteiger partial charge in [0.25, 0.3) is 5.91 Å². The molecule has 27 heavy (non-hydrogen) atoms. The van der Waals surface area contributed by atoms with Crippen molar-refractivity contribution in [2.45, 2.75) is 0 Å². The SMILES string of the molecule is O=C(Nc1c(C2=NCCO2)cnn1-c1ccc(Cl)cc1)c1ccc(Cl)cc1. The third-order valence-electron chi connectivity index (χ3n) is 3.99. The van der Waals surface area contributed by atoms with E-state index in [9.17, 15) is 4.79 Å². The maximum absolute atomic E-state index is 12.7. The van der Waals surface area contributed by atoms with Crippen LogP contribution >= 0.6 is 23.2 Å². The molecule has 0 spiro atoms. The number of rotatable bonds is 4.